The van der Waals surface area contributed by atoms with Crippen molar-refractivity contribution in [2.24, 2.45) is 7.05 Å². The smallest absolute Gasteiger partial charge is 0.191 e. The van der Waals surface area contributed by atoms with E-state index in [0.29, 0.717) is 5.25 Å². The number of hydrogen-bond donors (Lipinski definition) is 1. The van der Waals surface area contributed by atoms with Crippen LogP contribution in [-0.2, 0) is 11.8 Å². The fourth-order valence-corrected chi connectivity index (χ4v) is 2.40. The van der Waals surface area contributed by atoms with Crippen LogP contribution in [0.3, 0.4) is 0 Å². The Morgan fingerprint density at radius 3 is 2.83 bits per heavy atom. The van der Waals surface area contributed by atoms with Crippen LogP contribution in [0.1, 0.15) is 26.1 Å². The van der Waals surface area contributed by atoms with E-state index in [2.05, 4.69) is 22.4 Å². The maximum Gasteiger partial charge on any atom is 0.191 e. The second kappa shape index (κ2) is 8.50. The molecular formula is C12H24N4OS. The van der Waals surface area contributed by atoms with Gasteiger partial charge in [0, 0.05) is 32.1 Å². The highest BCUT2D eigenvalue weighted by atomic mass is 32.2. The average molecular weight is 272 g/mol. The highest BCUT2D eigenvalue weighted by molar-refractivity contribution is 7.99. The second-order valence-corrected chi connectivity index (χ2v) is 5.68. The van der Waals surface area contributed by atoms with Crippen LogP contribution in [0, 0.1) is 6.92 Å². The lowest BCUT2D eigenvalue weighted by Gasteiger charge is -2.11. The van der Waals surface area contributed by atoms with Crippen LogP contribution in [0.15, 0.2) is 5.16 Å². The largest absolute Gasteiger partial charge is 0.382 e. The standard InChI is InChI=1S/C12H24N4OS/c1-5-17-8-6-7-13-9-10(2)18-12-15-14-11(3)16(12)4/h10,13H,5-9H2,1-4H3. The number of aryl methyl sites for hydroxylation is 1. The Labute approximate surface area is 114 Å². The summed E-state index contributed by atoms with van der Waals surface area (Å²) in [6.07, 6.45) is 1.06. The van der Waals surface area contributed by atoms with E-state index in [1.807, 2.05) is 25.5 Å². The molecular weight excluding hydrogens is 248 g/mol. The maximum atomic E-state index is 5.29. The van der Waals surface area contributed by atoms with E-state index in [0.717, 1.165) is 43.7 Å². The molecule has 1 unspecified atom stereocenters. The summed E-state index contributed by atoms with van der Waals surface area (Å²) in [5, 5.41) is 13.1. The van der Waals surface area contributed by atoms with E-state index in [-0.39, 0.29) is 0 Å². The van der Waals surface area contributed by atoms with Gasteiger partial charge in [0.25, 0.3) is 0 Å². The molecule has 0 spiro atoms. The van der Waals surface area contributed by atoms with Crippen molar-refractivity contribution in [3.8, 4) is 0 Å². The molecule has 1 rings (SSSR count). The highest BCUT2D eigenvalue weighted by Gasteiger charge is 2.10. The van der Waals surface area contributed by atoms with Gasteiger partial charge in [-0.15, -0.1) is 10.2 Å². The zero-order chi connectivity index (χ0) is 13.4. The van der Waals surface area contributed by atoms with Gasteiger partial charge >= 0.3 is 0 Å². The highest BCUT2D eigenvalue weighted by Crippen LogP contribution is 2.20. The third-order valence-corrected chi connectivity index (χ3v) is 3.77. The molecule has 0 saturated heterocycles. The fourth-order valence-electron chi connectivity index (χ4n) is 1.46. The number of nitrogens with one attached hydrogen (secondary N) is 1. The predicted octanol–water partition coefficient (Wildman–Crippen LogP) is 1.62. The van der Waals surface area contributed by atoms with Crippen LogP contribution < -0.4 is 5.32 Å². The summed E-state index contributed by atoms with van der Waals surface area (Å²) < 4.78 is 7.31. The van der Waals surface area contributed by atoms with Crippen molar-refractivity contribution >= 4 is 11.8 Å². The van der Waals surface area contributed by atoms with Crippen molar-refractivity contribution in [3.63, 3.8) is 0 Å². The summed E-state index contributed by atoms with van der Waals surface area (Å²) in [5.41, 5.74) is 0. The zero-order valence-electron chi connectivity index (χ0n) is 11.8. The van der Waals surface area contributed by atoms with Crippen LogP contribution in [0.2, 0.25) is 0 Å². The molecule has 0 aliphatic carbocycles. The molecule has 1 aromatic rings. The first kappa shape index (κ1) is 15.5. The molecule has 0 aliphatic rings. The number of hydrogen-bond acceptors (Lipinski definition) is 5. The number of thioether (sulfide) groups is 1. The summed E-state index contributed by atoms with van der Waals surface area (Å²) in [7, 11) is 2.00. The number of nitrogens with zero attached hydrogens (tertiary/aromatic N) is 3. The molecule has 104 valence electrons. The molecule has 0 saturated carbocycles. The molecule has 0 fully saturated rings. The third kappa shape index (κ3) is 5.37. The van der Waals surface area contributed by atoms with Crippen molar-refractivity contribution in [1.29, 1.82) is 0 Å². The first-order valence-electron chi connectivity index (χ1n) is 6.46. The summed E-state index contributed by atoms with van der Waals surface area (Å²) in [4.78, 5) is 0. The van der Waals surface area contributed by atoms with Gasteiger partial charge in [0.1, 0.15) is 5.82 Å². The topological polar surface area (TPSA) is 52.0 Å². The molecule has 0 aromatic carbocycles. The van der Waals surface area contributed by atoms with Crippen LogP contribution in [0.4, 0.5) is 0 Å². The summed E-state index contributed by atoms with van der Waals surface area (Å²) in [5.74, 6) is 0.953. The second-order valence-electron chi connectivity index (χ2n) is 4.27. The summed E-state index contributed by atoms with van der Waals surface area (Å²) in [6.45, 7) is 9.81. The fraction of sp³-hybridized carbons (Fsp3) is 0.833. The quantitative estimate of drug-likeness (QED) is 0.547. The molecule has 1 aromatic heterocycles. The molecule has 1 atom stereocenters. The van der Waals surface area contributed by atoms with Gasteiger partial charge in [-0.05, 0) is 26.8 Å². The van der Waals surface area contributed by atoms with E-state index in [9.17, 15) is 0 Å². The molecule has 0 radical (unpaired) electrons. The van der Waals surface area contributed by atoms with Crippen molar-refractivity contribution in [2.75, 3.05) is 26.3 Å². The van der Waals surface area contributed by atoms with Gasteiger partial charge in [0.15, 0.2) is 5.16 Å². The molecule has 1 N–H and O–H groups in total. The lowest BCUT2D eigenvalue weighted by molar-refractivity contribution is 0.145. The summed E-state index contributed by atoms with van der Waals surface area (Å²) in [6, 6.07) is 0. The minimum Gasteiger partial charge on any atom is -0.382 e. The zero-order valence-corrected chi connectivity index (χ0v) is 12.6. The lowest BCUT2D eigenvalue weighted by Crippen LogP contribution is -2.24. The van der Waals surface area contributed by atoms with Crippen molar-refractivity contribution < 1.29 is 4.74 Å². The van der Waals surface area contributed by atoms with Crippen LogP contribution in [-0.4, -0.2) is 46.3 Å². The number of ether oxygens (including phenoxy) is 1. The molecule has 0 bridgehead atoms. The molecule has 5 nitrogen and oxygen atoms in total. The van der Waals surface area contributed by atoms with Crippen LogP contribution in [0.25, 0.3) is 0 Å². The molecule has 0 aliphatic heterocycles. The first-order valence-corrected chi connectivity index (χ1v) is 7.34. The molecule has 6 heteroatoms. The van der Waals surface area contributed by atoms with E-state index >= 15 is 0 Å². The lowest BCUT2D eigenvalue weighted by atomic mass is 10.4. The van der Waals surface area contributed by atoms with Gasteiger partial charge in [-0.3, -0.25) is 0 Å². The van der Waals surface area contributed by atoms with E-state index in [1.54, 1.807) is 11.8 Å². The van der Waals surface area contributed by atoms with Gasteiger partial charge in [-0.25, -0.2) is 0 Å². The van der Waals surface area contributed by atoms with Crippen LogP contribution in [0.5, 0.6) is 0 Å². The van der Waals surface area contributed by atoms with E-state index < -0.39 is 0 Å². The third-order valence-electron chi connectivity index (χ3n) is 2.64. The van der Waals surface area contributed by atoms with Gasteiger partial charge in [-0.2, -0.15) is 0 Å². The minimum absolute atomic E-state index is 0.486. The molecule has 1 heterocycles. The average Bonchev–Trinajstić information content (AvgIpc) is 2.65. The molecule has 0 amide bonds. The Morgan fingerprint density at radius 2 is 2.22 bits per heavy atom. The summed E-state index contributed by atoms with van der Waals surface area (Å²) >= 11 is 1.75. The van der Waals surface area contributed by atoms with Gasteiger partial charge in [-0.1, -0.05) is 18.7 Å². The first-order chi connectivity index (χ1) is 8.65. The maximum absolute atomic E-state index is 5.29. The van der Waals surface area contributed by atoms with Crippen molar-refractivity contribution in [3.05, 3.63) is 5.82 Å². The number of aromatic nitrogens is 3. The minimum atomic E-state index is 0.486. The van der Waals surface area contributed by atoms with Crippen molar-refractivity contribution in [2.45, 2.75) is 37.6 Å². The Bertz CT molecular complexity index is 343. The normalized spacial score (nSPS) is 12.9. The van der Waals surface area contributed by atoms with Gasteiger partial charge < -0.3 is 14.6 Å². The Balaban J connectivity index is 2.14. The SMILES string of the molecule is CCOCCCNCC(C)Sc1nnc(C)n1C. The Kier molecular flexibility index (Phi) is 7.31. The van der Waals surface area contributed by atoms with E-state index in [4.69, 9.17) is 4.74 Å². The van der Waals surface area contributed by atoms with Gasteiger partial charge in [0.05, 0.1) is 0 Å². The Morgan fingerprint density at radius 1 is 1.44 bits per heavy atom. The molecule has 18 heavy (non-hydrogen) atoms. The van der Waals surface area contributed by atoms with E-state index in [1.165, 1.54) is 0 Å². The van der Waals surface area contributed by atoms with Gasteiger partial charge in [0.2, 0.25) is 0 Å². The van der Waals surface area contributed by atoms with Crippen LogP contribution >= 0.6 is 11.8 Å². The Hall–Kier alpha value is -0.590. The monoisotopic (exact) mass is 272 g/mol. The van der Waals surface area contributed by atoms with Crippen molar-refractivity contribution in [1.82, 2.24) is 20.1 Å². The number of rotatable bonds is 9. The predicted molar refractivity (Wildman–Crippen MR) is 75.0 cm³/mol.